The van der Waals surface area contributed by atoms with Crippen LogP contribution in [0.2, 0.25) is 5.02 Å². The van der Waals surface area contributed by atoms with Crippen molar-refractivity contribution in [1.29, 1.82) is 0 Å². The van der Waals surface area contributed by atoms with Crippen molar-refractivity contribution >= 4 is 74.3 Å². The third kappa shape index (κ3) is 8.82. The number of hydrogen-bond acceptors (Lipinski definition) is 7. The van der Waals surface area contributed by atoms with Crippen LogP contribution in [0.4, 0.5) is 21.5 Å². The van der Waals surface area contributed by atoms with E-state index in [4.69, 9.17) is 11.6 Å². The minimum absolute atomic E-state index is 0.0504. The van der Waals surface area contributed by atoms with Gasteiger partial charge in [-0.2, -0.15) is 5.10 Å². The Morgan fingerprint density at radius 1 is 0.966 bits per heavy atom. The number of benzene rings is 3. The van der Waals surface area contributed by atoms with Gasteiger partial charge in [0, 0.05) is 93.5 Å². The molecule has 59 heavy (non-hydrogen) atoms. The summed E-state index contributed by atoms with van der Waals surface area (Å²) < 4.78 is 17.9. The van der Waals surface area contributed by atoms with E-state index in [9.17, 15) is 14.4 Å². The zero-order valence-electron chi connectivity index (χ0n) is 33.6. The lowest BCUT2D eigenvalue weighted by atomic mass is 9.94. The molecule has 0 spiro atoms. The molecule has 0 aliphatic carbocycles. The second-order valence-electron chi connectivity index (χ2n) is 16.4. The number of anilines is 3. The first-order valence-electron chi connectivity index (χ1n) is 20.9. The number of nitrogens with one attached hydrogen (secondary N) is 4. The Morgan fingerprint density at radius 2 is 1.73 bits per heavy atom. The minimum atomic E-state index is -0.487. The fraction of sp³-hybridized carbons (Fsp3) is 0.422. The molecule has 3 aliphatic rings. The fourth-order valence-corrected chi connectivity index (χ4v) is 9.50. The third-order valence-corrected chi connectivity index (χ3v) is 12.8. The number of halogens is 2. The number of piperidine rings is 3. The minimum Gasteiger partial charge on any atom is -0.371 e. The SMILES string of the molecule is C=C(C)c1n[nH]c2c(N3CCC(NC(=O)c4ccc(N5CCC(CN6CCC(n7ccc8c(NC(=O)CCNC=O)cccc87)CC6)CC5)cc4F)CC3)ccc(Cl)c12. The lowest BCUT2D eigenvalue weighted by molar-refractivity contribution is -0.116. The zero-order valence-corrected chi connectivity index (χ0v) is 34.4. The van der Waals surface area contributed by atoms with Crippen molar-refractivity contribution in [2.75, 3.05) is 67.5 Å². The zero-order chi connectivity index (χ0) is 41.0. The van der Waals surface area contributed by atoms with Gasteiger partial charge >= 0.3 is 0 Å². The van der Waals surface area contributed by atoms with Gasteiger partial charge in [-0.25, -0.2) is 4.39 Å². The maximum Gasteiger partial charge on any atom is 0.254 e. The van der Waals surface area contributed by atoms with Crippen LogP contribution >= 0.6 is 11.6 Å². The van der Waals surface area contributed by atoms with E-state index >= 15 is 4.39 Å². The Hall–Kier alpha value is -5.40. The Bertz CT molecular complexity index is 2340. The van der Waals surface area contributed by atoms with E-state index in [1.54, 1.807) is 6.07 Å². The highest BCUT2D eigenvalue weighted by molar-refractivity contribution is 6.36. The van der Waals surface area contributed by atoms with Crippen LogP contribution in [0.3, 0.4) is 0 Å². The van der Waals surface area contributed by atoms with Crippen LogP contribution in [0.5, 0.6) is 0 Å². The first-order valence-corrected chi connectivity index (χ1v) is 21.3. The van der Waals surface area contributed by atoms with Gasteiger partial charge in [-0.05, 0) is 105 Å². The molecule has 5 aromatic rings. The summed E-state index contributed by atoms with van der Waals surface area (Å²) in [5.74, 6) is -0.399. The van der Waals surface area contributed by atoms with Crippen molar-refractivity contribution in [3.63, 3.8) is 0 Å². The van der Waals surface area contributed by atoms with Gasteiger partial charge in [0.15, 0.2) is 0 Å². The van der Waals surface area contributed by atoms with E-state index < -0.39 is 5.82 Å². The molecule has 3 aliphatic heterocycles. The second-order valence-corrected chi connectivity index (χ2v) is 16.8. The molecule has 12 nitrogen and oxygen atoms in total. The molecular weight excluding hydrogens is 769 g/mol. The predicted molar refractivity (Wildman–Crippen MR) is 234 cm³/mol. The molecule has 310 valence electrons. The highest BCUT2D eigenvalue weighted by Gasteiger charge is 2.28. The summed E-state index contributed by atoms with van der Waals surface area (Å²) in [5, 5.41) is 18.7. The van der Waals surface area contributed by atoms with Crippen LogP contribution in [0.15, 0.2) is 67.4 Å². The summed E-state index contributed by atoms with van der Waals surface area (Å²) in [6, 6.07) is 17.4. The van der Waals surface area contributed by atoms with Crippen LogP contribution in [-0.4, -0.2) is 96.3 Å². The molecule has 3 saturated heterocycles. The van der Waals surface area contributed by atoms with Crippen molar-refractivity contribution < 1.29 is 18.8 Å². The van der Waals surface area contributed by atoms with Crippen LogP contribution < -0.4 is 25.8 Å². The summed E-state index contributed by atoms with van der Waals surface area (Å²) in [7, 11) is 0. The molecule has 3 fully saturated rings. The van der Waals surface area contributed by atoms with Crippen molar-refractivity contribution in [3.8, 4) is 0 Å². The summed E-state index contributed by atoms with van der Waals surface area (Å²) >= 11 is 6.54. The maximum atomic E-state index is 15.5. The number of likely N-dealkylation sites (tertiary alicyclic amines) is 1. The molecule has 14 heteroatoms. The van der Waals surface area contributed by atoms with E-state index in [0.717, 1.165) is 134 Å². The average molecular weight is 822 g/mol. The second kappa shape index (κ2) is 17.8. The summed E-state index contributed by atoms with van der Waals surface area (Å²) in [4.78, 5) is 43.3. The van der Waals surface area contributed by atoms with E-state index in [1.807, 2.05) is 37.3 Å². The number of aromatic nitrogens is 3. The molecule has 0 atom stereocenters. The Morgan fingerprint density at radius 3 is 2.46 bits per heavy atom. The number of hydrogen-bond donors (Lipinski definition) is 4. The van der Waals surface area contributed by atoms with Crippen LogP contribution in [0.1, 0.15) is 74.0 Å². The van der Waals surface area contributed by atoms with Gasteiger partial charge in [0.2, 0.25) is 12.3 Å². The van der Waals surface area contributed by atoms with Crippen molar-refractivity contribution in [1.82, 2.24) is 30.3 Å². The van der Waals surface area contributed by atoms with Gasteiger partial charge < -0.3 is 35.2 Å². The first-order chi connectivity index (χ1) is 28.7. The quantitative estimate of drug-likeness (QED) is 0.0721. The van der Waals surface area contributed by atoms with Gasteiger partial charge in [0.25, 0.3) is 5.91 Å². The molecular formula is C45H53ClFN9O3. The third-order valence-electron chi connectivity index (χ3n) is 12.5. The number of H-pyrrole nitrogens is 1. The Labute approximate surface area is 349 Å². The molecule has 3 aromatic carbocycles. The number of nitrogens with zero attached hydrogens (tertiary/aromatic N) is 5. The van der Waals surface area contributed by atoms with E-state index in [-0.39, 0.29) is 29.8 Å². The molecule has 5 heterocycles. The van der Waals surface area contributed by atoms with E-state index in [0.29, 0.717) is 29.9 Å². The highest BCUT2D eigenvalue weighted by Crippen LogP contribution is 2.37. The molecule has 3 amide bonds. The molecule has 0 saturated carbocycles. The molecule has 4 N–H and O–H groups in total. The lowest BCUT2D eigenvalue weighted by Gasteiger charge is -2.38. The monoisotopic (exact) mass is 821 g/mol. The molecule has 2 aromatic heterocycles. The van der Waals surface area contributed by atoms with Gasteiger partial charge in [0.05, 0.1) is 38.7 Å². The number of carbonyl (C=O) groups is 3. The smallest absolute Gasteiger partial charge is 0.254 e. The Balaban J connectivity index is 0.782. The summed E-state index contributed by atoms with van der Waals surface area (Å²) in [6.07, 6.45) is 8.65. The van der Waals surface area contributed by atoms with Gasteiger partial charge in [0.1, 0.15) is 5.82 Å². The fourth-order valence-electron chi connectivity index (χ4n) is 9.26. The van der Waals surface area contributed by atoms with Gasteiger partial charge in [-0.1, -0.05) is 24.2 Å². The van der Waals surface area contributed by atoms with Gasteiger partial charge in [-0.3, -0.25) is 19.5 Å². The summed E-state index contributed by atoms with van der Waals surface area (Å²) in [6.45, 7) is 12.6. The predicted octanol–water partition coefficient (Wildman–Crippen LogP) is 7.37. The largest absolute Gasteiger partial charge is 0.371 e. The standard InChI is InChI=1S/C45H53ClFN9O3/c1-29(2)43-42-36(46)8-9-40(44(42)52-51-43)55-23-13-31(14-24-55)49-45(59)34-7-6-33(26-37(34)47)54-21-11-30(12-22-54)27-53-19-15-32(16-20-53)56-25-17-35-38(4-3-5-39(35)56)50-41(58)10-18-48-28-57/h3-9,17,25-26,28,30-32H,1,10-16,18-24,27H2,2H3,(H,48,57)(H,49,59)(H,50,58)(H,51,52). The maximum absolute atomic E-state index is 15.5. The average Bonchev–Trinajstić information content (AvgIpc) is 3.89. The first kappa shape index (κ1) is 40.4. The van der Waals surface area contributed by atoms with Crippen molar-refractivity contribution in [2.24, 2.45) is 5.92 Å². The molecule has 0 bridgehead atoms. The highest BCUT2D eigenvalue weighted by atomic mass is 35.5. The number of allylic oxidation sites excluding steroid dienone is 1. The number of amides is 3. The number of carbonyl (C=O) groups excluding carboxylic acids is 3. The van der Waals surface area contributed by atoms with E-state index in [1.165, 1.54) is 6.07 Å². The number of fused-ring (bicyclic) bond motifs is 2. The molecule has 0 radical (unpaired) electrons. The van der Waals surface area contributed by atoms with Gasteiger partial charge in [-0.15, -0.1) is 0 Å². The Kier molecular flexibility index (Phi) is 12.2. The number of rotatable bonds is 13. The normalized spacial score (nSPS) is 17.4. The van der Waals surface area contributed by atoms with Crippen LogP contribution in [-0.2, 0) is 9.59 Å². The topological polar surface area (TPSA) is 131 Å². The van der Waals surface area contributed by atoms with E-state index in [2.05, 4.69) is 70.3 Å². The summed E-state index contributed by atoms with van der Waals surface area (Å²) in [5.41, 5.74) is 6.33. The van der Waals surface area contributed by atoms with Crippen molar-refractivity contribution in [2.45, 2.75) is 64.0 Å². The molecule has 0 unspecified atom stereocenters. The van der Waals surface area contributed by atoms with Crippen molar-refractivity contribution in [3.05, 3.63) is 89.5 Å². The number of aromatic amines is 1. The van der Waals surface area contributed by atoms with Crippen LogP contribution in [0, 0.1) is 11.7 Å². The lowest BCUT2D eigenvalue weighted by Crippen LogP contribution is -2.45. The molecule has 8 rings (SSSR count). The van der Waals surface area contributed by atoms with Crippen LogP contribution in [0.25, 0.3) is 27.4 Å².